The number of esters is 1. The zero-order valence-corrected chi connectivity index (χ0v) is 16.3. The highest BCUT2D eigenvalue weighted by molar-refractivity contribution is 6.32. The van der Waals surface area contributed by atoms with Crippen LogP contribution in [0.1, 0.15) is 30.4 Å². The number of hydrogen-bond donors (Lipinski definition) is 1. The van der Waals surface area contributed by atoms with Crippen molar-refractivity contribution < 1.29 is 19.1 Å². The molecule has 5 nitrogen and oxygen atoms in total. The second-order valence-electron chi connectivity index (χ2n) is 6.57. The van der Waals surface area contributed by atoms with Gasteiger partial charge in [0.1, 0.15) is 5.75 Å². The monoisotopic (exact) mass is 387 g/mol. The summed E-state index contributed by atoms with van der Waals surface area (Å²) in [5.74, 6) is -0.650. The van der Waals surface area contributed by atoms with E-state index in [1.807, 2.05) is 31.2 Å². The van der Waals surface area contributed by atoms with Gasteiger partial charge in [0.05, 0.1) is 14.2 Å². The molecule has 2 unspecified atom stereocenters. The van der Waals surface area contributed by atoms with E-state index in [1.54, 1.807) is 25.3 Å². The van der Waals surface area contributed by atoms with Crippen LogP contribution in [0.25, 0.3) is 0 Å². The third-order valence-corrected chi connectivity index (χ3v) is 5.75. The fraction of sp³-hybridized carbons (Fsp3) is 0.333. The van der Waals surface area contributed by atoms with Gasteiger partial charge in [-0.15, -0.1) is 0 Å². The summed E-state index contributed by atoms with van der Waals surface area (Å²) in [7, 11) is 2.90. The SMILES string of the molecule is CCC1(C(=O)OC)C(=O)Nc2cccc(Cl)c2CC1c1ccc(OC)cc1. The number of benzene rings is 2. The van der Waals surface area contributed by atoms with Crippen LogP contribution in [0.4, 0.5) is 5.69 Å². The summed E-state index contributed by atoms with van der Waals surface area (Å²) in [5, 5.41) is 3.45. The minimum absolute atomic E-state index is 0.299. The highest BCUT2D eigenvalue weighted by atomic mass is 35.5. The summed E-state index contributed by atoms with van der Waals surface area (Å²) >= 11 is 6.43. The van der Waals surface area contributed by atoms with E-state index in [1.165, 1.54) is 7.11 Å². The van der Waals surface area contributed by atoms with Gasteiger partial charge in [-0.05, 0) is 48.2 Å². The third kappa shape index (κ3) is 3.16. The standard InChI is InChI=1S/C21H22ClNO4/c1-4-21(20(25)27-3)16(13-8-10-14(26-2)11-9-13)12-15-17(22)6-5-7-18(15)23-19(21)24/h5-11,16H,4,12H2,1-3H3,(H,23,24). The van der Waals surface area contributed by atoms with Crippen molar-refractivity contribution >= 4 is 29.2 Å². The zero-order chi connectivity index (χ0) is 19.6. The number of amides is 1. The fourth-order valence-electron chi connectivity index (χ4n) is 3.86. The first kappa shape index (κ1) is 19.2. The van der Waals surface area contributed by atoms with Crippen molar-refractivity contribution in [2.45, 2.75) is 25.7 Å². The maximum absolute atomic E-state index is 13.3. The molecule has 2 aromatic carbocycles. The molecular weight excluding hydrogens is 366 g/mol. The lowest BCUT2D eigenvalue weighted by molar-refractivity contribution is -0.159. The van der Waals surface area contributed by atoms with Gasteiger partial charge in [0, 0.05) is 16.6 Å². The van der Waals surface area contributed by atoms with Crippen LogP contribution in [0.3, 0.4) is 0 Å². The predicted molar refractivity (Wildman–Crippen MR) is 104 cm³/mol. The molecular formula is C21H22ClNO4. The Bertz CT molecular complexity index is 865. The van der Waals surface area contributed by atoms with Gasteiger partial charge in [-0.2, -0.15) is 0 Å². The van der Waals surface area contributed by atoms with E-state index in [4.69, 9.17) is 21.1 Å². The van der Waals surface area contributed by atoms with Gasteiger partial charge in [-0.25, -0.2) is 0 Å². The molecule has 0 spiro atoms. The molecule has 0 radical (unpaired) electrons. The summed E-state index contributed by atoms with van der Waals surface area (Å²) in [6.45, 7) is 1.82. The smallest absolute Gasteiger partial charge is 0.322 e. The first-order valence-electron chi connectivity index (χ1n) is 8.79. The van der Waals surface area contributed by atoms with Crippen molar-refractivity contribution in [1.29, 1.82) is 0 Å². The van der Waals surface area contributed by atoms with Crippen molar-refractivity contribution in [3.63, 3.8) is 0 Å². The molecule has 1 aliphatic heterocycles. The number of fused-ring (bicyclic) bond motifs is 1. The molecule has 2 aromatic rings. The third-order valence-electron chi connectivity index (χ3n) is 5.40. The predicted octanol–water partition coefficient (Wildman–Crippen LogP) is 4.20. The number of ether oxygens (including phenoxy) is 2. The zero-order valence-electron chi connectivity index (χ0n) is 15.5. The molecule has 1 aliphatic rings. The highest BCUT2D eigenvalue weighted by Gasteiger charge is 2.54. The van der Waals surface area contributed by atoms with E-state index in [2.05, 4.69) is 5.32 Å². The Morgan fingerprint density at radius 1 is 1.22 bits per heavy atom. The van der Waals surface area contributed by atoms with E-state index in [-0.39, 0.29) is 5.91 Å². The van der Waals surface area contributed by atoms with Crippen molar-refractivity contribution in [3.8, 4) is 5.75 Å². The normalized spacial score (nSPS) is 21.6. The average molecular weight is 388 g/mol. The molecule has 0 aromatic heterocycles. The van der Waals surface area contributed by atoms with Crippen molar-refractivity contribution in [1.82, 2.24) is 0 Å². The van der Waals surface area contributed by atoms with E-state index in [0.29, 0.717) is 29.3 Å². The molecule has 1 amide bonds. The van der Waals surface area contributed by atoms with E-state index >= 15 is 0 Å². The molecule has 6 heteroatoms. The van der Waals surface area contributed by atoms with E-state index in [0.717, 1.165) is 11.1 Å². The molecule has 1 heterocycles. The number of carbonyl (C=O) groups is 2. The van der Waals surface area contributed by atoms with E-state index < -0.39 is 17.3 Å². The summed E-state index contributed by atoms with van der Waals surface area (Å²) in [6, 6.07) is 12.8. The lowest BCUT2D eigenvalue weighted by Crippen LogP contribution is -2.47. The summed E-state index contributed by atoms with van der Waals surface area (Å²) in [5.41, 5.74) is 0.940. The highest BCUT2D eigenvalue weighted by Crippen LogP contribution is 2.47. The number of methoxy groups -OCH3 is 2. The van der Waals surface area contributed by atoms with Crippen LogP contribution in [0.15, 0.2) is 42.5 Å². The molecule has 27 heavy (non-hydrogen) atoms. The van der Waals surface area contributed by atoms with Gasteiger partial charge in [0.2, 0.25) is 5.91 Å². The number of halogens is 1. The molecule has 0 fully saturated rings. The minimum Gasteiger partial charge on any atom is -0.497 e. The van der Waals surface area contributed by atoms with Crippen LogP contribution < -0.4 is 10.1 Å². The molecule has 0 saturated heterocycles. The minimum atomic E-state index is -1.36. The van der Waals surface area contributed by atoms with Gasteiger partial charge >= 0.3 is 5.97 Å². The fourth-order valence-corrected chi connectivity index (χ4v) is 4.11. The Balaban J connectivity index is 2.22. The molecule has 2 atom stereocenters. The second-order valence-corrected chi connectivity index (χ2v) is 6.97. The molecule has 0 bridgehead atoms. The van der Waals surface area contributed by atoms with Crippen LogP contribution in [0.2, 0.25) is 5.02 Å². The van der Waals surface area contributed by atoms with Gasteiger partial charge in [0.25, 0.3) is 0 Å². The maximum atomic E-state index is 13.3. The molecule has 1 N–H and O–H groups in total. The Labute approximate surface area is 163 Å². The van der Waals surface area contributed by atoms with Crippen LogP contribution in [0.5, 0.6) is 5.75 Å². The first-order chi connectivity index (χ1) is 13.0. The Morgan fingerprint density at radius 2 is 1.93 bits per heavy atom. The number of hydrogen-bond acceptors (Lipinski definition) is 4. The summed E-state index contributed by atoms with van der Waals surface area (Å²) < 4.78 is 10.3. The summed E-state index contributed by atoms with van der Waals surface area (Å²) in [6.07, 6.45) is 0.733. The Hall–Kier alpha value is -2.53. The van der Waals surface area contributed by atoms with Crippen LogP contribution in [0, 0.1) is 5.41 Å². The van der Waals surface area contributed by atoms with Gasteiger partial charge in [-0.3, -0.25) is 9.59 Å². The van der Waals surface area contributed by atoms with Crippen molar-refractivity contribution in [3.05, 3.63) is 58.6 Å². The lowest BCUT2D eigenvalue weighted by Gasteiger charge is -2.34. The molecule has 3 rings (SSSR count). The Morgan fingerprint density at radius 3 is 2.52 bits per heavy atom. The number of carbonyl (C=O) groups excluding carboxylic acids is 2. The van der Waals surface area contributed by atoms with Gasteiger partial charge < -0.3 is 14.8 Å². The average Bonchev–Trinajstić information content (AvgIpc) is 2.82. The van der Waals surface area contributed by atoms with Crippen LogP contribution in [-0.2, 0) is 20.7 Å². The second kappa shape index (κ2) is 7.61. The van der Waals surface area contributed by atoms with Gasteiger partial charge in [-0.1, -0.05) is 36.7 Å². The first-order valence-corrected chi connectivity index (χ1v) is 9.17. The topological polar surface area (TPSA) is 64.6 Å². The molecule has 0 aliphatic carbocycles. The maximum Gasteiger partial charge on any atom is 0.322 e. The molecule has 0 saturated carbocycles. The van der Waals surface area contributed by atoms with Crippen molar-refractivity contribution in [2.24, 2.45) is 5.41 Å². The number of rotatable bonds is 4. The van der Waals surface area contributed by atoms with Crippen molar-refractivity contribution in [2.75, 3.05) is 19.5 Å². The lowest BCUT2D eigenvalue weighted by atomic mass is 9.67. The quantitative estimate of drug-likeness (QED) is 0.630. The Kier molecular flexibility index (Phi) is 5.42. The number of nitrogens with one attached hydrogen (secondary N) is 1. The summed E-state index contributed by atoms with van der Waals surface area (Å²) in [4.78, 5) is 26.2. The van der Waals surface area contributed by atoms with Gasteiger partial charge in [0.15, 0.2) is 5.41 Å². The van der Waals surface area contributed by atoms with Crippen LogP contribution in [-0.4, -0.2) is 26.1 Å². The largest absolute Gasteiger partial charge is 0.497 e. The van der Waals surface area contributed by atoms with E-state index in [9.17, 15) is 9.59 Å². The van der Waals surface area contributed by atoms with Crippen LogP contribution >= 0.6 is 11.6 Å². The number of anilines is 1. The molecule has 142 valence electrons.